The lowest BCUT2D eigenvalue weighted by Gasteiger charge is -2.14. The molecule has 0 saturated heterocycles. The van der Waals surface area contributed by atoms with Crippen LogP contribution in [-0.4, -0.2) is 28.6 Å². The first-order valence-corrected chi connectivity index (χ1v) is 12.6. The molecule has 0 heterocycles. The Morgan fingerprint density at radius 3 is 1.72 bits per heavy atom. The zero-order valence-electron chi connectivity index (χ0n) is 18.1. The molecule has 0 bridgehead atoms. The van der Waals surface area contributed by atoms with E-state index >= 15 is 0 Å². The van der Waals surface area contributed by atoms with Crippen LogP contribution in [0.3, 0.4) is 0 Å². The number of carbonyl (C=O) groups excluding carboxylic acids is 2. The minimum atomic E-state index is -0.561. The van der Waals surface area contributed by atoms with Crippen molar-refractivity contribution < 1.29 is 19.1 Å². The van der Waals surface area contributed by atoms with Gasteiger partial charge < -0.3 is 9.47 Å². The van der Waals surface area contributed by atoms with Crippen LogP contribution in [0.2, 0.25) is 0 Å². The molecule has 0 amide bonds. The quantitative estimate of drug-likeness (QED) is 0.104. The van der Waals surface area contributed by atoms with Crippen molar-refractivity contribution in [3.63, 3.8) is 0 Å². The molecule has 0 saturated carbocycles. The fourth-order valence-electron chi connectivity index (χ4n) is 2.89. The van der Waals surface area contributed by atoms with Crippen LogP contribution in [0, 0.1) is 0 Å². The van der Waals surface area contributed by atoms with Crippen molar-refractivity contribution in [2.24, 2.45) is 0 Å². The second kappa shape index (κ2) is 11.5. The molecule has 0 aliphatic rings. The van der Waals surface area contributed by atoms with Crippen LogP contribution < -0.4 is 0 Å². The molecule has 0 aliphatic heterocycles. The van der Waals surface area contributed by atoms with Crippen molar-refractivity contribution in [2.75, 3.05) is 13.2 Å². The Balaban J connectivity index is 1.62. The van der Waals surface area contributed by atoms with Crippen molar-refractivity contribution in [1.82, 2.24) is 0 Å². The molecule has 0 aromatic heterocycles. The predicted octanol–water partition coefficient (Wildman–Crippen LogP) is 6.09. The van der Waals surface area contributed by atoms with Gasteiger partial charge in [-0.25, -0.2) is 4.79 Å². The molecule has 0 spiro atoms. The van der Waals surface area contributed by atoms with Gasteiger partial charge in [0.05, 0.1) is 29.7 Å². The van der Waals surface area contributed by atoms with Gasteiger partial charge in [-0.3, -0.25) is 4.79 Å². The maximum atomic E-state index is 12.4. The van der Waals surface area contributed by atoms with E-state index in [1.165, 1.54) is 9.79 Å². The Morgan fingerprint density at radius 1 is 0.750 bits per heavy atom. The summed E-state index contributed by atoms with van der Waals surface area (Å²) < 4.78 is 9.96. The molecule has 0 aliphatic carbocycles. The van der Waals surface area contributed by atoms with Crippen LogP contribution in [0.25, 0.3) is 0 Å². The molecule has 0 N–H and O–H groups in total. The average molecular weight is 561 g/mol. The molecule has 3 aromatic rings. The number of halogens is 1. The Morgan fingerprint density at radius 2 is 1.22 bits per heavy atom. The van der Waals surface area contributed by atoms with Crippen LogP contribution in [0.4, 0.5) is 0 Å². The van der Waals surface area contributed by atoms with Crippen molar-refractivity contribution in [3.8, 4) is 0 Å². The van der Waals surface area contributed by atoms with Gasteiger partial charge in [0.15, 0.2) is 14.7 Å². The Hall–Kier alpha value is -2.32. The number of hydrogen-bond donors (Lipinski definition) is 0. The molecular weight excluding hydrogens is 535 g/mol. The monoisotopic (exact) mass is 561 g/mol. The highest BCUT2D eigenvalue weighted by atomic mass is 127. The number of alkyl halides is 1. The highest BCUT2D eigenvalue weighted by molar-refractivity contribution is 14.1. The maximum Gasteiger partial charge on any atom is 0.338 e. The number of carbonyl (C=O) groups is 2. The van der Waals surface area contributed by atoms with Crippen molar-refractivity contribution in [3.05, 3.63) is 90.5 Å². The van der Waals surface area contributed by atoms with E-state index in [2.05, 4.69) is 24.3 Å². The summed E-state index contributed by atoms with van der Waals surface area (Å²) in [5, 5.41) is 0. The van der Waals surface area contributed by atoms with E-state index in [0.29, 0.717) is 12.0 Å². The van der Waals surface area contributed by atoms with Crippen LogP contribution >= 0.6 is 22.6 Å². The van der Waals surface area contributed by atoms with Crippen molar-refractivity contribution in [1.29, 1.82) is 0 Å². The second-order valence-electron chi connectivity index (χ2n) is 7.55. The molecule has 6 heteroatoms. The first kappa shape index (κ1) is 24.3. The van der Waals surface area contributed by atoms with Gasteiger partial charge in [0.1, 0.15) is 3.42 Å². The highest BCUT2D eigenvalue weighted by Crippen LogP contribution is 2.31. The number of hydrogen-bond acceptors (Lipinski definition) is 4. The summed E-state index contributed by atoms with van der Waals surface area (Å²) in [5.41, 5.74) is 0.504. The number of esters is 2. The zero-order chi connectivity index (χ0) is 23.0. The molecule has 0 fully saturated rings. The van der Waals surface area contributed by atoms with E-state index in [-0.39, 0.29) is 36.0 Å². The van der Waals surface area contributed by atoms with E-state index in [1.807, 2.05) is 83.3 Å². The van der Waals surface area contributed by atoms with E-state index in [1.54, 1.807) is 13.8 Å². The molecule has 0 radical (unpaired) electrons. The van der Waals surface area contributed by atoms with Crippen LogP contribution in [-0.2, 0) is 25.2 Å². The average Bonchev–Trinajstić information content (AvgIpc) is 2.80. The first-order valence-electron chi connectivity index (χ1n) is 10.3. The molecule has 0 unspecified atom stereocenters. The summed E-state index contributed by atoms with van der Waals surface area (Å²) in [4.78, 5) is 27.7. The van der Waals surface area contributed by atoms with Gasteiger partial charge in [-0.05, 0) is 62.4 Å². The lowest BCUT2D eigenvalue weighted by atomic mass is 10.2. The fraction of sp³-hybridized carbons (Fsp3) is 0.231. The van der Waals surface area contributed by atoms with Gasteiger partial charge in [-0.15, -0.1) is 0 Å². The molecule has 166 valence electrons. The topological polar surface area (TPSA) is 52.6 Å². The molecule has 3 aromatic carbocycles. The molecule has 3 rings (SSSR count). The fourth-order valence-corrected chi connectivity index (χ4v) is 5.13. The smallest absolute Gasteiger partial charge is 0.338 e. The number of ether oxygens (including phenoxy) is 2. The van der Waals surface area contributed by atoms with Gasteiger partial charge >= 0.3 is 11.9 Å². The first-order chi connectivity index (χ1) is 15.4. The molecular formula is C26H26IO4S+. The lowest BCUT2D eigenvalue weighted by Crippen LogP contribution is -2.27. The minimum absolute atomic E-state index is 0.202. The largest absolute Gasteiger partial charge is 0.465 e. The Labute approximate surface area is 205 Å². The highest BCUT2D eigenvalue weighted by Gasteiger charge is 2.28. The van der Waals surface area contributed by atoms with Gasteiger partial charge in [0.2, 0.25) is 0 Å². The zero-order valence-corrected chi connectivity index (χ0v) is 21.1. The third-order valence-electron chi connectivity index (χ3n) is 4.52. The van der Waals surface area contributed by atoms with Gasteiger partial charge in [-0.2, -0.15) is 0 Å². The standard InChI is InChI=1S/C26H26IO4S/c1-26(2,27)25(29)31-19-9-18-30-24(28)20-14-16-23(17-15-20)32(21-10-5-3-6-11-21)22-12-7-4-8-13-22/h3-8,10-17H,9,18-19H2,1-2H3/q+1. The van der Waals surface area contributed by atoms with Gasteiger partial charge in [0, 0.05) is 6.42 Å². The third kappa shape index (κ3) is 6.84. The van der Waals surface area contributed by atoms with Crippen molar-refractivity contribution in [2.45, 2.75) is 38.4 Å². The summed E-state index contributed by atoms with van der Waals surface area (Å²) in [6.45, 7) is 4.02. The van der Waals surface area contributed by atoms with E-state index in [4.69, 9.17) is 9.47 Å². The summed E-state index contributed by atoms with van der Waals surface area (Å²) in [6, 6.07) is 28.3. The third-order valence-corrected chi connectivity index (χ3v) is 7.20. The Bertz CT molecular complexity index is 976. The summed E-state index contributed by atoms with van der Waals surface area (Å²) in [5.74, 6) is -0.649. The van der Waals surface area contributed by atoms with E-state index in [0.717, 1.165) is 4.90 Å². The molecule has 32 heavy (non-hydrogen) atoms. The van der Waals surface area contributed by atoms with Crippen LogP contribution in [0.1, 0.15) is 30.6 Å². The normalized spacial score (nSPS) is 11.2. The lowest BCUT2D eigenvalue weighted by molar-refractivity contribution is -0.145. The van der Waals surface area contributed by atoms with Gasteiger partial charge in [0.25, 0.3) is 0 Å². The number of benzene rings is 3. The molecule has 0 atom stereocenters. The molecule has 4 nitrogen and oxygen atoms in total. The summed E-state index contributed by atoms with van der Waals surface area (Å²) >= 11 is 2.04. The van der Waals surface area contributed by atoms with Gasteiger partial charge in [-0.1, -0.05) is 59.0 Å². The van der Waals surface area contributed by atoms with Crippen LogP contribution in [0.15, 0.2) is 99.6 Å². The Kier molecular flexibility index (Phi) is 8.75. The summed E-state index contributed by atoms with van der Waals surface area (Å²) in [6.07, 6.45) is 0.466. The second-order valence-corrected chi connectivity index (χ2v) is 12.3. The number of rotatable bonds is 9. The summed E-state index contributed by atoms with van der Waals surface area (Å²) in [7, 11) is -0.257. The maximum absolute atomic E-state index is 12.4. The predicted molar refractivity (Wildman–Crippen MR) is 135 cm³/mol. The minimum Gasteiger partial charge on any atom is -0.465 e. The van der Waals surface area contributed by atoms with Crippen molar-refractivity contribution >= 4 is 45.4 Å². The SMILES string of the molecule is CC(C)(I)C(=O)OCCCOC(=O)c1ccc([S+](c2ccccc2)c2ccccc2)cc1. The van der Waals surface area contributed by atoms with E-state index < -0.39 is 3.42 Å². The van der Waals surface area contributed by atoms with Crippen LogP contribution in [0.5, 0.6) is 0 Å². The van der Waals surface area contributed by atoms with E-state index in [9.17, 15) is 9.59 Å².